The highest BCUT2D eigenvalue weighted by molar-refractivity contribution is 5.35. The van der Waals surface area contributed by atoms with Gasteiger partial charge in [-0.05, 0) is 30.9 Å². The molecule has 0 spiro atoms. The highest BCUT2D eigenvalue weighted by atomic mass is 19.4. The van der Waals surface area contributed by atoms with Gasteiger partial charge in [-0.3, -0.25) is 0 Å². The number of rotatable bonds is 5. The summed E-state index contributed by atoms with van der Waals surface area (Å²) in [6, 6.07) is 3.92. The van der Waals surface area contributed by atoms with Crippen molar-refractivity contribution in [3.63, 3.8) is 0 Å². The van der Waals surface area contributed by atoms with E-state index in [1.54, 1.807) is 6.07 Å². The second-order valence-electron chi connectivity index (χ2n) is 4.42. The second-order valence-corrected chi connectivity index (χ2v) is 4.42. The van der Waals surface area contributed by atoms with Crippen LogP contribution in [0.2, 0.25) is 0 Å². The van der Waals surface area contributed by atoms with Gasteiger partial charge in [0.1, 0.15) is 11.5 Å². The summed E-state index contributed by atoms with van der Waals surface area (Å²) in [7, 11) is 0. The van der Waals surface area contributed by atoms with Crippen LogP contribution in [0.5, 0.6) is 0 Å². The van der Waals surface area contributed by atoms with E-state index in [1.807, 2.05) is 0 Å². The van der Waals surface area contributed by atoms with E-state index in [1.165, 1.54) is 18.9 Å². The molecule has 17 heavy (non-hydrogen) atoms. The van der Waals surface area contributed by atoms with Crippen molar-refractivity contribution < 1.29 is 13.2 Å². The van der Waals surface area contributed by atoms with Gasteiger partial charge >= 0.3 is 6.18 Å². The van der Waals surface area contributed by atoms with Gasteiger partial charge < -0.3 is 5.32 Å². The quantitative estimate of drug-likeness (QED) is 0.799. The van der Waals surface area contributed by atoms with Crippen molar-refractivity contribution in [3.8, 4) is 0 Å². The normalized spacial score (nSPS) is 15.9. The number of alkyl halides is 3. The maximum Gasteiger partial charge on any atom is 0.433 e. The lowest BCUT2D eigenvalue weighted by atomic mass is 10.2. The summed E-state index contributed by atoms with van der Waals surface area (Å²) < 4.78 is 37.1. The SMILES string of the molecule is FC(F)(F)c1cccc(NCCCC2CC2)n1. The average molecular weight is 244 g/mol. The Kier molecular flexibility index (Phi) is 3.54. The molecule has 1 aromatic heterocycles. The molecule has 1 aliphatic rings. The van der Waals surface area contributed by atoms with Crippen LogP contribution in [0.3, 0.4) is 0 Å². The van der Waals surface area contributed by atoms with Crippen molar-refractivity contribution in [1.82, 2.24) is 4.98 Å². The Morgan fingerprint density at radius 2 is 2.06 bits per heavy atom. The zero-order chi connectivity index (χ0) is 12.3. The van der Waals surface area contributed by atoms with Gasteiger partial charge in [-0.15, -0.1) is 0 Å². The van der Waals surface area contributed by atoms with E-state index in [0.717, 1.165) is 24.8 Å². The van der Waals surface area contributed by atoms with E-state index in [-0.39, 0.29) is 0 Å². The van der Waals surface area contributed by atoms with E-state index >= 15 is 0 Å². The van der Waals surface area contributed by atoms with Crippen LogP contribution in [0, 0.1) is 5.92 Å². The van der Waals surface area contributed by atoms with Crippen LogP contribution in [-0.4, -0.2) is 11.5 Å². The van der Waals surface area contributed by atoms with Crippen LogP contribution in [0.4, 0.5) is 19.0 Å². The fourth-order valence-electron chi connectivity index (χ4n) is 1.70. The zero-order valence-electron chi connectivity index (χ0n) is 9.43. The van der Waals surface area contributed by atoms with E-state index in [4.69, 9.17) is 0 Å². The van der Waals surface area contributed by atoms with Crippen molar-refractivity contribution in [1.29, 1.82) is 0 Å². The Morgan fingerprint density at radius 1 is 1.29 bits per heavy atom. The Labute approximate surface area is 98.2 Å². The van der Waals surface area contributed by atoms with E-state index in [0.29, 0.717) is 12.4 Å². The molecule has 2 rings (SSSR count). The average Bonchev–Trinajstić information content (AvgIpc) is 3.08. The molecule has 0 aromatic carbocycles. The molecule has 1 N–H and O–H groups in total. The number of nitrogens with one attached hydrogen (secondary N) is 1. The van der Waals surface area contributed by atoms with E-state index in [2.05, 4.69) is 10.3 Å². The first-order valence-corrected chi connectivity index (χ1v) is 5.84. The number of halogens is 3. The molecule has 2 nitrogen and oxygen atoms in total. The Balaban J connectivity index is 1.82. The molecule has 0 aliphatic heterocycles. The molecule has 94 valence electrons. The lowest BCUT2D eigenvalue weighted by Gasteiger charge is -2.09. The maximum atomic E-state index is 12.4. The Morgan fingerprint density at radius 3 is 2.71 bits per heavy atom. The van der Waals surface area contributed by atoms with Gasteiger partial charge in [0.15, 0.2) is 0 Å². The molecule has 0 saturated heterocycles. The summed E-state index contributed by atoms with van der Waals surface area (Å²) >= 11 is 0. The minimum Gasteiger partial charge on any atom is -0.370 e. The fraction of sp³-hybridized carbons (Fsp3) is 0.583. The predicted molar refractivity (Wildman–Crippen MR) is 59.7 cm³/mol. The number of nitrogens with zero attached hydrogens (tertiary/aromatic N) is 1. The van der Waals surface area contributed by atoms with Crippen LogP contribution in [0.1, 0.15) is 31.4 Å². The molecule has 0 unspecified atom stereocenters. The molecule has 1 saturated carbocycles. The third-order valence-corrected chi connectivity index (χ3v) is 2.83. The summed E-state index contributed by atoms with van der Waals surface area (Å²) in [6.45, 7) is 0.685. The molecule has 1 heterocycles. The van der Waals surface area contributed by atoms with Gasteiger partial charge in [-0.1, -0.05) is 18.9 Å². The number of aromatic nitrogens is 1. The Bertz CT molecular complexity index is 372. The Hall–Kier alpha value is -1.26. The van der Waals surface area contributed by atoms with Gasteiger partial charge in [-0.2, -0.15) is 13.2 Å². The van der Waals surface area contributed by atoms with Crippen molar-refractivity contribution in [2.45, 2.75) is 31.9 Å². The van der Waals surface area contributed by atoms with Gasteiger partial charge in [-0.25, -0.2) is 4.98 Å². The zero-order valence-corrected chi connectivity index (χ0v) is 9.43. The minimum atomic E-state index is -4.37. The first-order valence-electron chi connectivity index (χ1n) is 5.84. The third-order valence-electron chi connectivity index (χ3n) is 2.83. The summed E-state index contributed by atoms with van der Waals surface area (Å²) in [5, 5.41) is 2.93. The summed E-state index contributed by atoms with van der Waals surface area (Å²) in [4.78, 5) is 3.54. The number of hydrogen-bond donors (Lipinski definition) is 1. The van der Waals surface area contributed by atoms with Crippen LogP contribution in [-0.2, 0) is 6.18 Å². The van der Waals surface area contributed by atoms with Crippen molar-refractivity contribution in [2.24, 2.45) is 5.92 Å². The summed E-state index contributed by atoms with van der Waals surface area (Å²) in [5.74, 6) is 1.15. The fourth-order valence-corrected chi connectivity index (χ4v) is 1.70. The lowest BCUT2D eigenvalue weighted by Crippen LogP contribution is -2.10. The number of anilines is 1. The van der Waals surface area contributed by atoms with E-state index < -0.39 is 11.9 Å². The van der Waals surface area contributed by atoms with E-state index in [9.17, 15) is 13.2 Å². The van der Waals surface area contributed by atoms with Crippen molar-refractivity contribution >= 4 is 5.82 Å². The third kappa shape index (κ3) is 3.91. The standard InChI is InChI=1S/C12H15F3N2/c13-12(14,15)10-4-1-5-11(17-10)16-8-2-3-9-6-7-9/h1,4-5,9H,2-3,6-8H2,(H,16,17). The molecule has 0 bridgehead atoms. The highest BCUT2D eigenvalue weighted by Gasteiger charge is 2.32. The summed E-state index contributed by atoms with van der Waals surface area (Å²) in [5.41, 5.74) is -0.843. The smallest absolute Gasteiger partial charge is 0.370 e. The van der Waals surface area contributed by atoms with Gasteiger partial charge in [0.2, 0.25) is 0 Å². The molecule has 1 aliphatic carbocycles. The van der Waals surface area contributed by atoms with Gasteiger partial charge in [0, 0.05) is 6.54 Å². The van der Waals surface area contributed by atoms with Crippen LogP contribution < -0.4 is 5.32 Å². The summed E-state index contributed by atoms with van der Waals surface area (Å²) in [6.07, 6.45) is 0.393. The molecule has 0 radical (unpaired) electrons. The maximum absolute atomic E-state index is 12.4. The van der Waals surface area contributed by atoms with Crippen LogP contribution >= 0.6 is 0 Å². The van der Waals surface area contributed by atoms with Crippen LogP contribution in [0.15, 0.2) is 18.2 Å². The first kappa shape index (κ1) is 12.2. The highest BCUT2D eigenvalue weighted by Crippen LogP contribution is 2.33. The van der Waals surface area contributed by atoms with Crippen molar-refractivity contribution in [3.05, 3.63) is 23.9 Å². The minimum absolute atomic E-state index is 0.302. The number of hydrogen-bond acceptors (Lipinski definition) is 2. The molecular weight excluding hydrogens is 229 g/mol. The topological polar surface area (TPSA) is 24.9 Å². The van der Waals surface area contributed by atoms with Gasteiger partial charge in [0.05, 0.1) is 0 Å². The molecular formula is C12H15F3N2. The first-order chi connectivity index (χ1) is 8.05. The lowest BCUT2D eigenvalue weighted by molar-refractivity contribution is -0.141. The molecule has 0 atom stereocenters. The van der Waals surface area contributed by atoms with Crippen LogP contribution in [0.25, 0.3) is 0 Å². The molecule has 0 amide bonds. The molecule has 1 aromatic rings. The predicted octanol–water partition coefficient (Wildman–Crippen LogP) is 3.70. The molecule has 5 heteroatoms. The molecule has 1 fully saturated rings. The van der Waals surface area contributed by atoms with Gasteiger partial charge in [0.25, 0.3) is 0 Å². The second kappa shape index (κ2) is 4.94. The van der Waals surface area contributed by atoms with Crippen molar-refractivity contribution in [2.75, 3.05) is 11.9 Å². The monoisotopic (exact) mass is 244 g/mol. The number of pyridine rings is 1. The largest absolute Gasteiger partial charge is 0.433 e.